The zero-order valence-electron chi connectivity index (χ0n) is 19.1. The van der Waals surface area contributed by atoms with Crippen molar-refractivity contribution in [1.29, 1.82) is 0 Å². The maximum atomic E-state index is 13.3. The van der Waals surface area contributed by atoms with Crippen LogP contribution in [0.15, 0.2) is 54.9 Å². The molecule has 5 rings (SSSR count). The van der Waals surface area contributed by atoms with Crippen molar-refractivity contribution >= 4 is 17.3 Å². The molecule has 0 spiro atoms. The largest absolute Gasteiger partial charge is 0.339 e. The van der Waals surface area contributed by atoms with Crippen LogP contribution >= 0.6 is 0 Å². The smallest absolute Gasteiger partial charge is 0.257 e. The summed E-state index contributed by atoms with van der Waals surface area (Å²) in [6.07, 6.45) is 7.58. The van der Waals surface area contributed by atoms with E-state index < -0.39 is 0 Å². The van der Waals surface area contributed by atoms with Crippen LogP contribution in [0.4, 0.5) is 0 Å². The zero-order chi connectivity index (χ0) is 22.8. The van der Waals surface area contributed by atoms with Gasteiger partial charge in [-0.1, -0.05) is 18.2 Å². The Labute approximate surface area is 194 Å². The molecule has 1 aromatic carbocycles. The van der Waals surface area contributed by atoms with Crippen molar-refractivity contribution in [2.24, 2.45) is 0 Å². The van der Waals surface area contributed by atoms with Crippen molar-refractivity contribution in [1.82, 2.24) is 24.7 Å². The summed E-state index contributed by atoms with van der Waals surface area (Å²) in [4.78, 5) is 30.1. The van der Waals surface area contributed by atoms with Gasteiger partial charge in [-0.3, -0.25) is 9.59 Å². The number of hydrogen-bond acceptors (Lipinski definition) is 4. The van der Waals surface area contributed by atoms with Crippen LogP contribution in [0.3, 0.4) is 0 Å². The molecule has 172 valence electrons. The third-order valence-electron chi connectivity index (χ3n) is 7.13. The average Bonchev–Trinajstić information content (AvgIpc) is 3.51. The molecule has 0 saturated carbocycles. The molecule has 0 aliphatic carbocycles. The summed E-state index contributed by atoms with van der Waals surface area (Å²) < 4.78 is 1.80. The summed E-state index contributed by atoms with van der Waals surface area (Å²) in [7, 11) is 1.93. The van der Waals surface area contributed by atoms with Crippen LogP contribution in [0.1, 0.15) is 57.9 Å². The molecular weight excluding hydrogens is 414 g/mol. The predicted molar refractivity (Wildman–Crippen MR) is 127 cm³/mol. The molecule has 1 N–H and O–H groups in total. The van der Waals surface area contributed by atoms with Gasteiger partial charge >= 0.3 is 0 Å². The van der Waals surface area contributed by atoms with Gasteiger partial charge in [0.1, 0.15) is 0 Å². The second-order valence-electron chi connectivity index (χ2n) is 9.13. The SMILES string of the molecule is CNC[C@@H]1CCCN1C(=O)c1cnn2ccc(C3CCN(C(=O)c4ccccc4)CC3)cc12. The topological polar surface area (TPSA) is 70.0 Å². The van der Waals surface area contributed by atoms with Crippen LogP contribution < -0.4 is 5.32 Å². The third-order valence-corrected chi connectivity index (χ3v) is 7.13. The number of aromatic nitrogens is 2. The van der Waals surface area contributed by atoms with Crippen molar-refractivity contribution in [2.45, 2.75) is 37.6 Å². The molecule has 2 aromatic heterocycles. The van der Waals surface area contributed by atoms with Crippen LogP contribution in [0.2, 0.25) is 0 Å². The van der Waals surface area contributed by atoms with Crippen molar-refractivity contribution in [3.8, 4) is 0 Å². The lowest BCUT2D eigenvalue weighted by molar-refractivity contribution is 0.0710. The van der Waals surface area contributed by atoms with E-state index in [2.05, 4.69) is 22.5 Å². The molecule has 2 saturated heterocycles. The monoisotopic (exact) mass is 445 g/mol. The first-order chi connectivity index (χ1) is 16.2. The molecule has 2 amide bonds. The number of likely N-dealkylation sites (tertiary alicyclic amines) is 2. The number of rotatable bonds is 5. The summed E-state index contributed by atoms with van der Waals surface area (Å²) in [5.74, 6) is 0.551. The number of nitrogens with one attached hydrogen (secondary N) is 1. The molecule has 0 radical (unpaired) electrons. The molecule has 0 unspecified atom stereocenters. The predicted octanol–water partition coefficient (Wildman–Crippen LogP) is 3.18. The van der Waals surface area contributed by atoms with E-state index >= 15 is 0 Å². The molecule has 3 aromatic rings. The van der Waals surface area contributed by atoms with Crippen molar-refractivity contribution in [3.63, 3.8) is 0 Å². The number of hydrogen-bond donors (Lipinski definition) is 1. The van der Waals surface area contributed by atoms with Crippen LogP contribution in [0.5, 0.6) is 0 Å². The minimum Gasteiger partial charge on any atom is -0.339 e. The molecule has 2 aliphatic rings. The molecule has 7 heteroatoms. The van der Waals surface area contributed by atoms with E-state index in [1.807, 2.05) is 53.4 Å². The van der Waals surface area contributed by atoms with E-state index in [4.69, 9.17) is 0 Å². The molecule has 33 heavy (non-hydrogen) atoms. The van der Waals surface area contributed by atoms with Gasteiger partial charge in [-0.05, 0) is 68.5 Å². The minimum absolute atomic E-state index is 0.0724. The molecule has 0 bridgehead atoms. The highest BCUT2D eigenvalue weighted by Gasteiger charge is 2.31. The fraction of sp³-hybridized carbons (Fsp3) is 0.423. The third kappa shape index (κ3) is 4.25. The van der Waals surface area contributed by atoms with Crippen molar-refractivity contribution in [3.05, 3.63) is 71.5 Å². The molecule has 2 aliphatic heterocycles. The van der Waals surface area contributed by atoms with Gasteiger partial charge in [0.05, 0.1) is 17.3 Å². The highest BCUT2D eigenvalue weighted by atomic mass is 16.2. The second kappa shape index (κ2) is 9.35. The Balaban J connectivity index is 1.31. The molecular formula is C26H31N5O2. The highest BCUT2D eigenvalue weighted by molar-refractivity contribution is 6.01. The van der Waals surface area contributed by atoms with Gasteiger partial charge in [0, 0.05) is 44.0 Å². The van der Waals surface area contributed by atoms with Crippen molar-refractivity contribution < 1.29 is 9.59 Å². The number of pyridine rings is 1. The van der Waals surface area contributed by atoms with Crippen LogP contribution in [0, 0.1) is 0 Å². The first-order valence-corrected chi connectivity index (χ1v) is 11.9. The number of nitrogens with zero attached hydrogens (tertiary/aromatic N) is 4. The van der Waals surface area contributed by atoms with Gasteiger partial charge in [0.2, 0.25) is 0 Å². The van der Waals surface area contributed by atoms with E-state index in [0.29, 0.717) is 11.5 Å². The Morgan fingerprint density at radius 2 is 1.82 bits per heavy atom. The summed E-state index contributed by atoms with van der Waals surface area (Å²) in [5, 5.41) is 7.65. The van der Waals surface area contributed by atoms with Gasteiger partial charge in [0.15, 0.2) is 0 Å². The maximum Gasteiger partial charge on any atom is 0.257 e. The number of fused-ring (bicyclic) bond motifs is 1. The Morgan fingerprint density at radius 1 is 1.03 bits per heavy atom. The van der Waals surface area contributed by atoms with Gasteiger partial charge in [-0.15, -0.1) is 0 Å². The van der Waals surface area contributed by atoms with Gasteiger partial charge < -0.3 is 15.1 Å². The number of carbonyl (C=O) groups is 2. The first kappa shape index (κ1) is 21.6. The van der Waals surface area contributed by atoms with E-state index in [0.717, 1.165) is 62.9 Å². The summed E-state index contributed by atoms with van der Waals surface area (Å²) in [5.41, 5.74) is 3.52. The molecule has 7 nitrogen and oxygen atoms in total. The van der Waals surface area contributed by atoms with Crippen molar-refractivity contribution in [2.75, 3.05) is 33.2 Å². The van der Waals surface area contributed by atoms with E-state index in [-0.39, 0.29) is 17.9 Å². The number of likely N-dealkylation sites (N-methyl/N-ethyl adjacent to an activating group) is 1. The first-order valence-electron chi connectivity index (χ1n) is 11.9. The van der Waals surface area contributed by atoms with Crippen LogP contribution in [0.25, 0.3) is 5.52 Å². The lowest BCUT2D eigenvalue weighted by Gasteiger charge is -2.32. The molecule has 2 fully saturated rings. The summed E-state index contributed by atoms with van der Waals surface area (Å²) in [6.45, 7) is 3.11. The molecule has 1 atom stereocenters. The standard InChI is InChI=1S/C26H31N5O2/c1-27-17-22-8-5-12-30(22)26(33)23-18-28-31-15-11-21(16-24(23)31)19-9-13-29(14-10-19)25(32)20-6-3-2-4-7-20/h2-4,6-7,11,15-16,18-19,22,27H,5,8-10,12-14,17H2,1H3/t22-/m0/s1. The van der Waals surface area contributed by atoms with Gasteiger partial charge in [-0.2, -0.15) is 5.10 Å². The number of piperidine rings is 1. The van der Waals surface area contributed by atoms with Crippen LogP contribution in [-0.4, -0.2) is 70.5 Å². The quantitative estimate of drug-likeness (QED) is 0.655. The zero-order valence-corrected chi connectivity index (χ0v) is 19.1. The number of benzene rings is 1. The number of carbonyl (C=O) groups excluding carboxylic acids is 2. The fourth-order valence-corrected chi connectivity index (χ4v) is 5.30. The normalized spacial score (nSPS) is 19.4. The second-order valence-corrected chi connectivity index (χ2v) is 9.13. The van der Waals surface area contributed by atoms with E-state index in [1.54, 1.807) is 10.7 Å². The Hall–Kier alpha value is -3.19. The summed E-state index contributed by atoms with van der Waals surface area (Å²) in [6, 6.07) is 14.0. The van der Waals surface area contributed by atoms with Crippen LogP contribution in [-0.2, 0) is 0 Å². The Kier molecular flexibility index (Phi) is 6.13. The van der Waals surface area contributed by atoms with E-state index in [1.165, 1.54) is 5.56 Å². The minimum atomic E-state index is 0.0724. The van der Waals surface area contributed by atoms with Gasteiger partial charge in [-0.25, -0.2) is 4.52 Å². The molecule has 4 heterocycles. The number of amides is 2. The highest BCUT2D eigenvalue weighted by Crippen LogP contribution is 2.30. The van der Waals surface area contributed by atoms with E-state index in [9.17, 15) is 9.59 Å². The maximum absolute atomic E-state index is 13.3. The lowest BCUT2D eigenvalue weighted by Crippen LogP contribution is -2.40. The lowest BCUT2D eigenvalue weighted by atomic mass is 9.89. The fourth-order valence-electron chi connectivity index (χ4n) is 5.30. The Morgan fingerprint density at radius 3 is 2.58 bits per heavy atom. The Bertz CT molecular complexity index is 1130. The van der Waals surface area contributed by atoms with Gasteiger partial charge in [0.25, 0.3) is 11.8 Å². The summed E-state index contributed by atoms with van der Waals surface area (Å²) >= 11 is 0. The average molecular weight is 446 g/mol.